The zero-order chi connectivity index (χ0) is 5.98. The van der Waals surface area contributed by atoms with Crippen molar-refractivity contribution >= 4 is 0 Å². The first kappa shape index (κ1) is 5.98. The standard InChI is InChI=1S/C5H10FNO/c1-4-2-8-3-5(6)7-4/h4-5,7H,2-3H2,1H3/t4-,5-/m0/s1. The summed E-state index contributed by atoms with van der Waals surface area (Å²) in [7, 11) is 0. The van der Waals surface area contributed by atoms with E-state index in [4.69, 9.17) is 4.74 Å². The van der Waals surface area contributed by atoms with Gasteiger partial charge in [0.1, 0.15) is 0 Å². The van der Waals surface area contributed by atoms with Crippen LogP contribution in [0.4, 0.5) is 4.39 Å². The summed E-state index contributed by atoms with van der Waals surface area (Å²) >= 11 is 0. The molecule has 8 heavy (non-hydrogen) atoms. The van der Waals surface area contributed by atoms with Crippen molar-refractivity contribution in [1.82, 2.24) is 5.32 Å². The molecule has 0 radical (unpaired) electrons. The molecule has 0 aromatic rings. The molecule has 1 aliphatic rings. The average Bonchev–Trinajstić information content (AvgIpc) is 1.64. The molecule has 2 nitrogen and oxygen atoms in total. The average molecular weight is 119 g/mol. The zero-order valence-electron chi connectivity index (χ0n) is 4.86. The van der Waals surface area contributed by atoms with Gasteiger partial charge < -0.3 is 4.74 Å². The number of ether oxygens (including phenoxy) is 1. The quantitative estimate of drug-likeness (QED) is 0.463. The van der Waals surface area contributed by atoms with Crippen molar-refractivity contribution < 1.29 is 9.13 Å². The number of halogens is 1. The lowest BCUT2D eigenvalue weighted by Crippen LogP contribution is -2.44. The molecule has 3 heteroatoms. The maximum absolute atomic E-state index is 12.2. The molecule has 1 fully saturated rings. The predicted molar refractivity (Wildman–Crippen MR) is 28.3 cm³/mol. The van der Waals surface area contributed by atoms with Crippen molar-refractivity contribution in [2.45, 2.75) is 19.3 Å². The van der Waals surface area contributed by atoms with Crippen LogP contribution in [0.5, 0.6) is 0 Å². The Bertz CT molecular complexity index is 70.8. The summed E-state index contributed by atoms with van der Waals surface area (Å²) < 4.78 is 17.1. The monoisotopic (exact) mass is 119 g/mol. The van der Waals surface area contributed by atoms with E-state index in [-0.39, 0.29) is 12.6 Å². The Labute approximate surface area is 48.0 Å². The summed E-state index contributed by atoms with van der Waals surface area (Å²) in [6.07, 6.45) is -0.959. The number of rotatable bonds is 0. The zero-order valence-corrected chi connectivity index (χ0v) is 4.86. The fraction of sp³-hybridized carbons (Fsp3) is 1.00. The largest absolute Gasteiger partial charge is 0.375 e. The van der Waals surface area contributed by atoms with Gasteiger partial charge in [-0.3, -0.25) is 5.32 Å². The van der Waals surface area contributed by atoms with Crippen molar-refractivity contribution in [3.8, 4) is 0 Å². The molecular weight excluding hydrogens is 109 g/mol. The third-order valence-electron chi connectivity index (χ3n) is 1.10. The molecule has 1 rings (SSSR count). The van der Waals surface area contributed by atoms with E-state index in [0.717, 1.165) is 0 Å². The van der Waals surface area contributed by atoms with Crippen LogP contribution in [0.25, 0.3) is 0 Å². The van der Waals surface area contributed by atoms with Crippen LogP contribution < -0.4 is 5.32 Å². The molecule has 48 valence electrons. The van der Waals surface area contributed by atoms with E-state index in [9.17, 15) is 4.39 Å². The SMILES string of the molecule is C[C@H]1COC[C@@H](F)N1. The maximum Gasteiger partial charge on any atom is 0.174 e. The van der Waals surface area contributed by atoms with Crippen LogP contribution in [0.1, 0.15) is 6.92 Å². The predicted octanol–water partition coefficient (Wildman–Crippen LogP) is 0.290. The van der Waals surface area contributed by atoms with Crippen LogP contribution in [-0.2, 0) is 4.74 Å². The number of morpholine rings is 1. The van der Waals surface area contributed by atoms with Gasteiger partial charge in [0.15, 0.2) is 6.30 Å². The van der Waals surface area contributed by atoms with E-state index in [1.165, 1.54) is 0 Å². The van der Waals surface area contributed by atoms with Crippen LogP contribution in [0, 0.1) is 0 Å². The number of alkyl halides is 1. The summed E-state index contributed by atoms with van der Waals surface area (Å²) in [6.45, 7) is 2.72. The van der Waals surface area contributed by atoms with Gasteiger partial charge in [-0.2, -0.15) is 0 Å². The Morgan fingerprint density at radius 2 is 2.38 bits per heavy atom. The van der Waals surface area contributed by atoms with Gasteiger partial charge in [-0.05, 0) is 6.92 Å². The van der Waals surface area contributed by atoms with Gasteiger partial charge in [0.25, 0.3) is 0 Å². The molecule has 1 N–H and O–H groups in total. The highest BCUT2D eigenvalue weighted by Crippen LogP contribution is 1.98. The lowest BCUT2D eigenvalue weighted by atomic mass is 10.3. The minimum atomic E-state index is -0.959. The first-order chi connectivity index (χ1) is 3.79. The second-order valence-electron chi connectivity index (χ2n) is 2.07. The van der Waals surface area contributed by atoms with Gasteiger partial charge in [-0.15, -0.1) is 0 Å². The van der Waals surface area contributed by atoms with Crippen LogP contribution in [0.3, 0.4) is 0 Å². The second-order valence-corrected chi connectivity index (χ2v) is 2.07. The van der Waals surface area contributed by atoms with Gasteiger partial charge in [0.2, 0.25) is 0 Å². The molecule has 0 aliphatic carbocycles. The minimum absolute atomic E-state index is 0.166. The number of hydrogen-bond donors (Lipinski definition) is 1. The first-order valence-electron chi connectivity index (χ1n) is 2.77. The lowest BCUT2D eigenvalue weighted by molar-refractivity contribution is 0.00528. The van der Waals surface area contributed by atoms with Crippen LogP contribution in [0.2, 0.25) is 0 Å². The Hall–Kier alpha value is -0.150. The third kappa shape index (κ3) is 1.42. The maximum atomic E-state index is 12.2. The van der Waals surface area contributed by atoms with E-state index in [0.29, 0.717) is 6.61 Å². The van der Waals surface area contributed by atoms with E-state index in [1.807, 2.05) is 6.92 Å². The van der Waals surface area contributed by atoms with Gasteiger partial charge in [0.05, 0.1) is 13.2 Å². The van der Waals surface area contributed by atoms with E-state index >= 15 is 0 Å². The van der Waals surface area contributed by atoms with E-state index < -0.39 is 6.30 Å². The molecule has 0 saturated carbocycles. The highest BCUT2D eigenvalue weighted by Gasteiger charge is 2.15. The smallest absolute Gasteiger partial charge is 0.174 e. The van der Waals surface area contributed by atoms with Crippen molar-refractivity contribution in [2.24, 2.45) is 0 Å². The molecular formula is C5H10FNO. The summed E-state index contributed by atoms with van der Waals surface area (Å²) in [6, 6.07) is 0.166. The Morgan fingerprint density at radius 1 is 1.62 bits per heavy atom. The summed E-state index contributed by atoms with van der Waals surface area (Å²) in [5.41, 5.74) is 0. The molecule has 1 aliphatic heterocycles. The molecule has 0 amide bonds. The fourth-order valence-corrected chi connectivity index (χ4v) is 0.753. The Balaban J connectivity index is 2.23. The summed E-state index contributed by atoms with van der Waals surface area (Å²) in [4.78, 5) is 0. The topological polar surface area (TPSA) is 21.3 Å². The van der Waals surface area contributed by atoms with Crippen molar-refractivity contribution in [3.05, 3.63) is 0 Å². The summed E-state index contributed by atoms with van der Waals surface area (Å²) in [5, 5.41) is 2.69. The lowest BCUT2D eigenvalue weighted by Gasteiger charge is -2.22. The summed E-state index contributed by atoms with van der Waals surface area (Å²) in [5.74, 6) is 0. The fourth-order valence-electron chi connectivity index (χ4n) is 0.753. The van der Waals surface area contributed by atoms with E-state index in [1.54, 1.807) is 0 Å². The number of nitrogens with one attached hydrogen (secondary N) is 1. The van der Waals surface area contributed by atoms with Gasteiger partial charge in [-0.1, -0.05) is 0 Å². The molecule has 2 atom stereocenters. The van der Waals surface area contributed by atoms with Crippen molar-refractivity contribution in [3.63, 3.8) is 0 Å². The Kier molecular flexibility index (Phi) is 1.81. The van der Waals surface area contributed by atoms with Crippen LogP contribution >= 0.6 is 0 Å². The third-order valence-corrected chi connectivity index (χ3v) is 1.10. The molecule has 1 heterocycles. The minimum Gasteiger partial charge on any atom is -0.375 e. The van der Waals surface area contributed by atoms with Crippen molar-refractivity contribution in [1.29, 1.82) is 0 Å². The molecule has 0 aromatic heterocycles. The second kappa shape index (κ2) is 2.42. The van der Waals surface area contributed by atoms with Crippen LogP contribution in [-0.4, -0.2) is 25.6 Å². The Morgan fingerprint density at radius 3 is 2.75 bits per heavy atom. The highest BCUT2D eigenvalue weighted by molar-refractivity contribution is 4.66. The van der Waals surface area contributed by atoms with E-state index in [2.05, 4.69) is 5.32 Å². The number of hydrogen-bond acceptors (Lipinski definition) is 2. The molecule has 1 saturated heterocycles. The van der Waals surface area contributed by atoms with Crippen LogP contribution in [0.15, 0.2) is 0 Å². The normalized spacial score (nSPS) is 39.8. The van der Waals surface area contributed by atoms with Gasteiger partial charge >= 0.3 is 0 Å². The molecule has 0 unspecified atom stereocenters. The van der Waals surface area contributed by atoms with Gasteiger partial charge in [-0.25, -0.2) is 4.39 Å². The highest BCUT2D eigenvalue weighted by atomic mass is 19.1. The molecule has 0 aromatic carbocycles. The molecule has 0 spiro atoms. The van der Waals surface area contributed by atoms with Gasteiger partial charge in [0, 0.05) is 6.04 Å². The molecule has 0 bridgehead atoms. The first-order valence-corrected chi connectivity index (χ1v) is 2.77. The van der Waals surface area contributed by atoms with Crippen molar-refractivity contribution in [2.75, 3.05) is 13.2 Å².